The van der Waals surface area contributed by atoms with Gasteiger partial charge in [0.15, 0.2) is 0 Å². The highest BCUT2D eigenvalue weighted by Crippen LogP contribution is 2.23. The average Bonchev–Trinajstić information content (AvgIpc) is 3.22. The normalized spacial score (nSPS) is 17.0. The van der Waals surface area contributed by atoms with Crippen molar-refractivity contribution < 1.29 is 9.59 Å². The van der Waals surface area contributed by atoms with E-state index < -0.39 is 0 Å². The summed E-state index contributed by atoms with van der Waals surface area (Å²) in [4.78, 5) is 25.4. The topological polar surface area (TPSA) is 67.2 Å². The van der Waals surface area contributed by atoms with Gasteiger partial charge in [0.2, 0.25) is 11.8 Å². The molecule has 126 valence electrons. The fourth-order valence-corrected chi connectivity index (χ4v) is 3.04. The first-order valence-electron chi connectivity index (χ1n) is 8.25. The molecule has 24 heavy (non-hydrogen) atoms. The minimum atomic E-state index is -0.112. The fraction of sp³-hybridized carbons (Fsp3) is 0.389. The van der Waals surface area contributed by atoms with Gasteiger partial charge in [-0.1, -0.05) is 30.3 Å². The van der Waals surface area contributed by atoms with Crippen LogP contribution >= 0.6 is 0 Å². The van der Waals surface area contributed by atoms with E-state index in [1.54, 1.807) is 6.20 Å². The number of rotatable bonds is 5. The van der Waals surface area contributed by atoms with Crippen molar-refractivity contribution in [1.29, 1.82) is 0 Å². The number of anilines is 1. The van der Waals surface area contributed by atoms with Gasteiger partial charge in [-0.2, -0.15) is 5.10 Å². The van der Waals surface area contributed by atoms with E-state index in [9.17, 15) is 9.59 Å². The van der Waals surface area contributed by atoms with Crippen LogP contribution in [-0.4, -0.2) is 39.6 Å². The Kier molecular flexibility index (Phi) is 4.93. The summed E-state index contributed by atoms with van der Waals surface area (Å²) < 4.78 is 1.84. The number of amides is 2. The minimum absolute atomic E-state index is 0.112. The van der Waals surface area contributed by atoms with Crippen LogP contribution in [0.1, 0.15) is 31.4 Å². The molecular formula is C18H22N4O2. The van der Waals surface area contributed by atoms with Gasteiger partial charge in [-0.15, -0.1) is 0 Å². The van der Waals surface area contributed by atoms with Gasteiger partial charge in [0, 0.05) is 32.6 Å². The third-order valence-electron chi connectivity index (χ3n) is 4.28. The number of aryl methyl sites for hydroxylation is 1. The summed E-state index contributed by atoms with van der Waals surface area (Å²) >= 11 is 0. The molecular weight excluding hydrogens is 304 g/mol. The largest absolute Gasteiger partial charge is 0.340 e. The van der Waals surface area contributed by atoms with Crippen molar-refractivity contribution in [3.63, 3.8) is 0 Å². The van der Waals surface area contributed by atoms with Gasteiger partial charge in [0.25, 0.3) is 0 Å². The SMILES string of the molecule is CC(=O)Nc1cnn(C2CCN(C(=O)CCc3ccccc3)C2)c1. The second kappa shape index (κ2) is 7.29. The molecule has 2 amide bonds. The van der Waals surface area contributed by atoms with Crippen LogP contribution in [-0.2, 0) is 16.0 Å². The van der Waals surface area contributed by atoms with Crippen LogP contribution in [0.5, 0.6) is 0 Å². The summed E-state index contributed by atoms with van der Waals surface area (Å²) in [5.74, 6) is 0.0780. The van der Waals surface area contributed by atoms with E-state index in [4.69, 9.17) is 0 Å². The summed E-state index contributed by atoms with van der Waals surface area (Å²) in [6, 6.07) is 10.2. The van der Waals surface area contributed by atoms with Crippen molar-refractivity contribution in [2.24, 2.45) is 0 Å². The van der Waals surface area contributed by atoms with E-state index in [0.717, 1.165) is 19.4 Å². The Morgan fingerprint density at radius 2 is 2.08 bits per heavy atom. The highest BCUT2D eigenvalue weighted by molar-refractivity contribution is 5.88. The molecule has 2 aromatic rings. The summed E-state index contributed by atoms with van der Waals surface area (Å²) in [6.45, 7) is 2.91. The van der Waals surface area contributed by atoms with Crippen LogP contribution < -0.4 is 5.32 Å². The van der Waals surface area contributed by atoms with Crippen LogP contribution in [0.15, 0.2) is 42.7 Å². The molecule has 1 aromatic carbocycles. The van der Waals surface area contributed by atoms with Crippen molar-refractivity contribution in [3.8, 4) is 0 Å². The maximum atomic E-state index is 12.4. The van der Waals surface area contributed by atoms with Gasteiger partial charge in [-0.3, -0.25) is 14.3 Å². The molecule has 3 rings (SSSR count). The standard InChI is InChI=1S/C18H22N4O2/c1-14(23)20-16-11-19-22(12-16)17-9-10-21(13-17)18(24)8-7-15-5-3-2-4-6-15/h2-6,11-12,17H,7-10,13H2,1H3,(H,20,23). The van der Waals surface area contributed by atoms with Crippen LogP contribution in [0.4, 0.5) is 5.69 Å². The van der Waals surface area contributed by atoms with E-state index >= 15 is 0 Å². The average molecular weight is 326 g/mol. The number of benzene rings is 1. The molecule has 1 N–H and O–H groups in total. The number of hydrogen-bond acceptors (Lipinski definition) is 3. The smallest absolute Gasteiger partial charge is 0.222 e. The quantitative estimate of drug-likeness (QED) is 0.916. The van der Waals surface area contributed by atoms with Gasteiger partial charge in [-0.05, 0) is 18.4 Å². The van der Waals surface area contributed by atoms with Gasteiger partial charge in [-0.25, -0.2) is 0 Å². The highest BCUT2D eigenvalue weighted by atomic mass is 16.2. The van der Waals surface area contributed by atoms with E-state index in [-0.39, 0.29) is 17.9 Å². The fourth-order valence-electron chi connectivity index (χ4n) is 3.04. The maximum Gasteiger partial charge on any atom is 0.222 e. The number of carbonyl (C=O) groups is 2. The van der Waals surface area contributed by atoms with Crippen LogP contribution in [0.25, 0.3) is 0 Å². The zero-order chi connectivity index (χ0) is 16.9. The molecule has 1 aromatic heterocycles. The molecule has 1 fully saturated rings. The van der Waals surface area contributed by atoms with E-state index in [1.807, 2.05) is 46.1 Å². The van der Waals surface area contributed by atoms with Gasteiger partial charge >= 0.3 is 0 Å². The predicted molar refractivity (Wildman–Crippen MR) is 91.5 cm³/mol. The lowest BCUT2D eigenvalue weighted by Crippen LogP contribution is -2.29. The molecule has 1 atom stereocenters. The molecule has 0 aliphatic carbocycles. The van der Waals surface area contributed by atoms with Crippen molar-refractivity contribution in [2.75, 3.05) is 18.4 Å². The second-order valence-corrected chi connectivity index (χ2v) is 6.16. The molecule has 6 nitrogen and oxygen atoms in total. The summed E-state index contributed by atoms with van der Waals surface area (Å²) in [7, 11) is 0. The molecule has 0 saturated carbocycles. The summed E-state index contributed by atoms with van der Waals surface area (Å²) in [5, 5.41) is 7.02. The number of carbonyl (C=O) groups excluding carboxylic acids is 2. The first kappa shape index (κ1) is 16.2. The lowest BCUT2D eigenvalue weighted by atomic mass is 10.1. The molecule has 1 aliphatic heterocycles. The number of aromatic nitrogens is 2. The molecule has 0 spiro atoms. The molecule has 1 unspecified atom stereocenters. The molecule has 0 bridgehead atoms. The number of nitrogens with one attached hydrogen (secondary N) is 1. The molecule has 1 aliphatic rings. The van der Waals surface area contributed by atoms with Crippen molar-refractivity contribution >= 4 is 17.5 Å². The van der Waals surface area contributed by atoms with E-state index in [2.05, 4.69) is 10.4 Å². The van der Waals surface area contributed by atoms with Crippen molar-refractivity contribution in [3.05, 3.63) is 48.3 Å². The Labute approximate surface area is 141 Å². The Morgan fingerprint density at radius 1 is 1.29 bits per heavy atom. The van der Waals surface area contributed by atoms with Gasteiger partial charge < -0.3 is 10.2 Å². The van der Waals surface area contributed by atoms with Gasteiger partial charge in [0.05, 0.1) is 17.9 Å². The van der Waals surface area contributed by atoms with E-state index in [1.165, 1.54) is 12.5 Å². The van der Waals surface area contributed by atoms with Crippen molar-refractivity contribution in [1.82, 2.24) is 14.7 Å². The number of nitrogens with zero attached hydrogens (tertiary/aromatic N) is 3. The van der Waals surface area contributed by atoms with Crippen LogP contribution in [0.2, 0.25) is 0 Å². The number of likely N-dealkylation sites (tertiary alicyclic amines) is 1. The second-order valence-electron chi connectivity index (χ2n) is 6.16. The third-order valence-corrected chi connectivity index (χ3v) is 4.28. The first-order valence-corrected chi connectivity index (χ1v) is 8.25. The minimum Gasteiger partial charge on any atom is -0.340 e. The molecule has 0 radical (unpaired) electrons. The van der Waals surface area contributed by atoms with Gasteiger partial charge in [0.1, 0.15) is 0 Å². The zero-order valence-electron chi connectivity index (χ0n) is 13.8. The monoisotopic (exact) mass is 326 g/mol. The Balaban J connectivity index is 1.52. The van der Waals surface area contributed by atoms with Crippen LogP contribution in [0, 0.1) is 0 Å². The summed E-state index contributed by atoms with van der Waals surface area (Å²) in [6.07, 6.45) is 5.66. The predicted octanol–water partition coefficient (Wildman–Crippen LogP) is 2.25. The Morgan fingerprint density at radius 3 is 2.83 bits per heavy atom. The molecule has 2 heterocycles. The highest BCUT2D eigenvalue weighted by Gasteiger charge is 2.27. The third kappa shape index (κ3) is 4.01. The lowest BCUT2D eigenvalue weighted by molar-refractivity contribution is -0.130. The maximum absolute atomic E-state index is 12.4. The molecule has 1 saturated heterocycles. The Bertz CT molecular complexity index is 711. The number of hydrogen-bond donors (Lipinski definition) is 1. The molecule has 6 heteroatoms. The van der Waals surface area contributed by atoms with E-state index in [0.29, 0.717) is 18.7 Å². The lowest BCUT2D eigenvalue weighted by Gasteiger charge is -2.16. The Hall–Kier alpha value is -2.63. The first-order chi connectivity index (χ1) is 11.6. The van der Waals surface area contributed by atoms with Crippen molar-refractivity contribution in [2.45, 2.75) is 32.2 Å². The summed E-state index contributed by atoms with van der Waals surface area (Å²) in [5.41, 5.74) is 1.88. The zero-order valence-corrected chi connectivity index (χ0v) is 13.8. The van der Waals surface area contributed by atoms with Crippen LogP contribution in [0.3, 0.4) is 0 Å².